The van der Waals surface area contributed by atoms with E-state index in [-0.39, 0.29) is 24.0 Å². The van der Waals surface area contributed by atoms with Crippen LogP contribution in [-0.2, 0) is 16.1 Å². The lowest BCUT2D eigenvalue weighted by atomic mass is 9.85. The van der Waals surface area contributed by atoms with Crippen LogP contribution in [0.1, 0.15) is 38.7 Å². The third-order valence-electron chi connectivity index (χ3n) is 4.23. The first-order chi connectivity index (χ1) is 14.8. The molecule has 0 bridgehead atoms. The van der Waals surface area contributed by atoms with Crippen LogP contribution in [0.5, 0.6) is 0 Å². The molecule has 31 heavy (non-hydrogen) atoms. The molecule has 0 radical (unpaired) electrons. The number of hydrogen-bond donors (Lipinski definition) is 6. The molecule has 1 aliphatic heterocycles. The van der Waals surface area contributed by atoms with Crippen LogP contribution in [0, 0.1) is 5.41 Å². The number of halogens is 1. The van der Waals surface area contributed by atoms with Crippen molar-refractivity contribution >= 4 is 24.3 Å². The highest BCUT2D eigenvalue weighted by Gasteiger charge is 2.29. The van der Waals surface area contributed by atoms with Crippen molar-refractivity contribution in [3.63, 3.8) is 0 Å². The van der Waals surface area contributed by atoms with Crippen molar-refractivity contribution in [2.24, 2.45) is 17.1 Å². The van der Waals surface area contributed by atoms with Gasteiger partial charge in [0.05, 0.1) is 6.10 Å². The quantitative estimate of drug-likeness (QED) is 0.264. The SMILES string of the molecule is C=O.CC(C)(CCO)CC(=O)N1CCC(O)C1.CNCc1ccc(Cl)cc1.CO.NN. The number of hydrogen-bond acceptors (Lipinski definition) is 8. The summed E-state index contributed by atoms with van der Waals surface area (Å²) in [6, 6.07) is 7.82. The molecule has 182 valence electrons. The number of benzene rings is 1. The summed E-state index contributed by atoms with van der Waals surface area (Å²) in [5.41, 5.74) is 1.10. The number of carbonyl (C=O) groups excluding carboxylic acids is 2. The Kier molecular flexibility index (Phi) is 23.8. The molecule has 9 nitrogen and oxygen atoms in total. The molecule has 1 atom stereocenters. The second kappa shape index (κ2) is 21.6. The second-order valence-corrected chi connectivity index (χ2v) is 7.69. The third-order valence-corrected chi connectivity index (χ3v) is 4.48. The molecule has 1 fully saturated rings. The minimum Gasteiger partial charge on any atom is -0.400 e. The van der Waals surface area contributed by atoms with Gasteiger partial charge in [-0.25, -0.2) is 0 Å². The number of β-amino-alcohol motifs (C(OH)–C–C–N with tert-alkyl or cyclic N) is 1. The molecule has 1 aromatic carbocycles. The van der Waals surface area contributed by atoms with Crippen molar-refractivity contribution in [2.45, 2.75) is 45.8 Å². The fourth-order valence-corrected chi connectivity index (χ4v) is 2.81. The predicted molar refractivity (Wildman–Crippen MR) is 125 cm³/mol. The van der Waals surface area contributed by atoms with Crippen LogP contribution < -0.4 is 17.0 Å². The first-order valence-electron chi connectivity index (χ1n) is 9.80. The Morgan fingerprint density at radius 1 is 1.26 bits per heavy atom. The van der Waals surface area contributed by atoms with E-state index in [9.17, 15) is 9.90 Å². The van der Waals surface area contributed by atoms with Crippen LogP contribution in [0.4, 0.5) is 0 Å². The molecule has 1 aromatic rings. The lowest BCUT2D eigenvalue weighted by Crippen LogP contribution is -2.33. The zero-order chi connectivity index (χ0) is 24.9. The highest BCUT2D eigenvalue weighted by atomic mass is 35.5. The van der Waals surface area contributed by atoms with E-state index >= 15 is 0 Å². The van der Waals surface area contributed by atoms with E-state index in [1.54, 1.807) is 4.90 Å². The monoisotopic (exact) mass is 464 g/mol. The zero-order valence-corrected chi connectivity index (χ0v) is 19.9. The Hall–Kier alpha value is -1.59. The largest absolute Gasteiger partial charge is 0.400 e. The predicted octanol–water partition coefficient (Wildman–Crippen LogP) is 0.680. The van der Waals surface area contributed by atoms with Crippen molar-refractivity contribution in [2.75, 3.05) is 33.9 Å². The van der Waals surface area contributed by atoms with E-state index in [1.807, 2.05) is 51.9 Å². The van der Waals surface area contributed by atoms with Crippen LogP contribution in [0.15, 0.2) is 24.3 Å². The molecule has 0 aliphatic carbocycles. The Morgan fingerprint density at radius 2 is 1.77 bits per heavy atom. The molecule has 0 aromatic heterocycles. The Morgan fingerprint density at radius 3 is 2.16 bits per heavy atom. The summed E-state index contributed by atoms with van der Waals surface area (Å²) in [4.78, 5) is 21.5. The first kappa shape index (κ1) is 34.0. The van der Waals surface area contributed by atoms with Gasteiger partial charge in [-0.2, -0.15) is 0 Å². The summed E-state index contributed by atoms with van der Waals surface area (Å²) in [7, 11) is 2.93. The van der Waals surface area contributed by atoms with Gasteiger partial charge in [-0.1, -0.05) is 37.6 Å². The summed E-state index contributed by atoms with van der Waals surface area (Å²) < 4.78 is 0. The number of likely N-dealkylation sites (tertiary alicyclic amines) is 1. The Balaban J connectivity index is -0.000000425. The lowest BCUT2D eigenvalue weighted by Gasteiger charge is -2.26. The molecule has 10 heteroatoms. The lowest BCUT2D eigenvalue weighted by molar-refractivity contribution is -0.132. The number of carbonyl (C=O) groups is 2. The molecule has 8 N–H and O–H groups in total. The average Bonchev–Trinajstić information content (AvgIpc) is 3.21. The summed E-state index contributed by atoms with van der Waals surface area (Å²) in [6.07, 6.45) is 1.41. The molecule has 0 saturated carbocycles. The van der Waals surface area contributed by atoms with E-state index < -0.39 is 0 Å². The maximum absolute atomic E-state index is 11.8. The summed E-state index contributed by atoms with van der Waals surface area (Å²) in [5.74, 6) is 8.09. The smallest absolute Gasteiger partial charge is 0.223 e. The number of rotatable bonds is 6. The van der Waals surface area contributed by atoms with Crippen molar-refractivity contribution in [3.05, 3.63) is 34.9 Å². The van der Waals surface area contributed by atoms with Crippen molar-refractivity contribution in [1.29, 1.82) is 0 Å². The number of nitrogens with two attached hydrogens (primary N) is 2. The van der Waals surface area contributed by atoms with Gasteiger partial charge in [-0.3, -0.25) is 16.5 Å². The highest BCUT2D eigenvalue weighted by molar-refractivity contribution is 6.30. The number of aliphatic hydroxyl groups is 3. The van der Waals surface area contributed by atoms with Crippen LogP contribution in [0.25, 0.3) is 0 Å². The van der Waals surface area contributed by atoms with Crippen LogP contribution >= 0.6 is 11.6 Å². The van der Waals surface area contributed by atoms with Crippen molar-refractivity contribution in [3.8, 4) is 0 Å². The van der Waals surface area contributed by atoms with Gasteiger partial charge in [0.1, 0.15) is 6.79 Å². The van der Waals surface area contributed by atoms with Crippen molar-refractivity contribution < 1.29 is 24.9 Å². The van der Waals surface area contributed by atoms with Gasteiger partial charge in [-0.15, -0.1) is 0 Å². The Bertz CT molecular complexity index is 547. The highest BCUT2D eigenvalue weighted by Crippen LogP contribution is 2.26. The standard InChI is InChI=1S/C11H21NO3.C8H10ClN.CH4O.CH2O.H4N2/c1-11(2,4-6-13)7-10(15)12-5-3-9(14)8-12;1-10-6-7-2-4-8(9)5-3-7;3*1-2/h9,13-14H,3-8H2,1-2H3;2-5,10H,6H2,1H3;2H,1H3;1H2;1-2H2. The van der Waals surface area contributed by atoms with E-state index in [0.717, 1.165) is 18.7 Å². The Labute approximate surface area is 191 Å². The molecule has 1 unspecified atom stereocenters. The summed E-state index contributed by atoms with van der Waals surface area (Å²) in [6.45, 7) is 8.10. The fraction of sp³-hybridized carbons (Fsp3) is 0.619. The van der Waals surface area contributed by atoms with Crippen molar-refractivity contribution in [1.82, 2.24) is 10.2 Å². The summed E-state index contributed by atoms with van der Waals surface area (Å²) in [5, 5.41) is 29.0. The third kappa shape index (κ3) is 17.8. The molecule has 1 amide bonds. The maximum atomic E-state index is 11.8. The van der Waals surface area contributed by atoms with E-state index in [1.165, 1.54) is 5.56 Å². The van der Waals surface area contributed by atoms with Gasteiger partial charge in [0.25, 0.3) is 0 Å². The van der Waals surface area contributed by atoms with Crippen LogP contribution in [0.2, 0.25) is 5.02 Å². The molecule has 1 aliphatic rings. The van der Waals surface area contributed by atoms with Gasteiger partial charge in [-0.05, 0) is 43.0 Å². The molecule has 1 saturated heterocycles. The number of aliphatic hydroxyl groups excluding tert-OH is 3. The molecular formula is C21H41ClN4O5. The number of hydrazine groups is 1. The zero-order valence-electron chi connectivity index (χ0n) is 19.2. The van der Waals surface area contributed by atoms with Gasteiger partial charge in [0, 0.05) is 44.8 Å². The fourth-order valence-electron chi connectivity index (χ4n) is 2.69. The van der Waals surface area contributed by atoms with Crippen LogP contribution in [-0.4, -0.2) is 72.9 Å². The molecule has 1 heterocycles. The van der Waals surface area contributed by atoms with Gasteiger partial charge in [0.15, 0.2) is 0 Å². The van der Waals surface area contributed by atoms with E-state index in [0.29, 0.717) is 32.4 Å². The summed E-state index contributed by atoms with van der Waals surface area (Å²) >= 11 is 5.69. The molecular weight excluding hydrogens is 424 g/mol. The van der Waals surface area contributed by atoms with Gasteiger partial charge in [0.2, 0.25) is 5.91 Å². The maximum Gasteiger partial charge on any atom is 0.223 e. The molecule has 2 rings (SSSR count). The average molecular weight is 465 g/mol. The minimum absolute atomic E-state index is 0.0880. The number of nitrogens with zero attached hydrogens (tertiary/aromatic N) is 1. The number of nitrogens with one attached hydrogen (secondary N) is 1. The van der Waals surface area contributed by atoms with Gasteiger partial charge < -0.3 is 30.3 Å². The normalized spacial score (nSPS) is 14.4. The minimum atomic E-state index is -0.352. The van der Waals surface area contributed by atoms with Crippen LogP contribution in [0.3, 0.4) is 0 Å². The van der Waals surface area contributed by atoms with Gasteiger partial charge >= 0.3 is 0 Å². The first-order valence-corrected chi connectivity index (χ1v) is 10.2. The molecule has 0 spiro atoms. The van der Waals surface area contributed by atoms with E-state index in [2.05, 4.69) is 17.0 Å². The topological polar surface area (TPSA) is 162 Å². The van der Waals surface area contributed by atoms with E-state index in [4.69, 9.17) is 26.6 Å². The number of amides is 1. The second-order valence-electron chi connectivity index (χ2n) is 7.25.